The lowest BCUT2D eigenvalue weighted by Gasteiger charge is -2.12. The summed E-state index contributed by atoms with van der Waals surface area (Å²) in [6.07, 6.45) is 0. The number of carbonyl (C=O) groups is 1. The van der Waals surface area contributed by atoms with Crippen LogP contribution in [0.5, 0.6) is 11.5 Å². The standard InChI is InChI=1S/C17H21NO4S/c1-5-20-14-8-7-13(9-15(14)21-6-2)17(19)22-10-16-11(3)18-12(4)23-16/h7-9H,5-6,10H2,1-4H3. The van der Waals surface area contributed by atoms with Crippen LogP contribution in [0.15, 0.2) is 18.2 Å². The van der Waals surface area contributed by atoms with Gasteiger partial charge in [0.05, 0.1) is 34.4 Å². The van der Waals surface area contributed by atoms with E-state index in [2.05, 4.69) is 4.98 Å². The number of carbonyl (C=O) groups excluding carboxylic acids is 1. The summed E-state index contributed by atoms with van der Waals surface area (Å²) in [5.41, 5.74) is 1.35. The maximum Gasteiger partial charge on any atom is 0.338 e. The molecule has 0 amide bonds. The molecule has 0 N–H and O–H groups in total. The zero-order valence-corrected chi connectivity index (χ0v) is 14.7. The van der Waals surface area contributed by atoms with Gasteiger partial charge >= 0.3 is 5.97 Å². The van der Waals surface area contributed by atoms with Gasteiger partial charge in [0, 0.05) is 0 Å². The van der Waals surface area contributed by atoms with E-state index in [0.29, 0.717) is 30.3 Å². The Hall–Kier alpha value is -2.08. The molecule has 0 atom stereocenters. The molecular formula is C17H21NO4S. The molecule has 2 rings (SSSR count). The van der Waals surface area contributed by atoms with E-state index in [1.807, 2.05) is 27.7 Å². The van der Waals surface area contributed by atoms with E-state index in [9.17, 15) is 4.79 Å². The highest BCUT2D eigenvalue weighted by Gasteiger charge is 2.14. The average Bonchev–Trinajstić information content (AvgIpc) is 2.85. The van der Waals surface area contributed by atoms with E-state index in [-0.39, 0.29) is 12.6 Å². The molecule has 0 aliphatic rings. The van der Waals surface area contributed by atoms with Crippen molar-refractivity contribution in [2.75, 3.05) is 13.2 Å². The summed E-state index contributed by atoms with van der Waals surface area (Å²) in [6.45, 7) is 8.90. The van der Waals surface area contributed by atoms with Crippen LogP contribution in [0.2, 0.25) is 0 Å². The van der Waals surface area contributed by atoms with Crippen molar-refractivity contribution < 1.29 is 19.0 Å². The number of aromatic nitrogens is 1. The number of benzene rings is 1. The molecule has 0 unspecified atom stereocenters. The number of hydrogen-bond donors (Lipinski definition) is 0. The first-order chi connectivity index (χ1) is 11.0. The Balaban J connectivity index is 2.09. The zero-order valence-electron chi connectivity index (χ0n) is 13.8. The molecule has 1 aromatic heterocycles. The van der Waals surface area contributed by atoms with Crippen LogP contribution in [0.4, 0.5) is 0 Å². The number of nitrogens with zero attached hydrogens (tertiary/aromatic N) is 1. The van der Waals surface area contributed by atoms with Gasteiger partial charge in [0.2, 0.25) is 0 Å². The third kappa shape index (κ3) is 4.45. The summed E-state index contributed by atoms with van der Waals surface area (Å²) < 4.78 is 16.4. The van der Waals surface area contributed by atoms with Crippen LogP contribution in [0.1, 0.15) is 39.8 Å². The van der Waals surface area contributed by atoms with E-state index >= 15 is 0 Å². The van der Waals surface area contributed by atoms with E-state index in [4.69, 9.17) is 14.2 Å². The van der Waals surface area contributed by atoms with Crippen molar-refractivity contribution in [2.24, 2.45) is 0 Å². The predicted molar refractivity (Wildman–Crippen MR) is 89.5 cm³/mol. The fraction of sp³-hybridized carbons (Fsp3) is 0.412. The Morgan fingerprint density at radius 2 is 1.83 bits per heavy atom. The highest BCUT2D eigenvalue weighted by Crippen LogP contribution is 2.29. The molecule has 0 saturated heterocycles. The van der Waals surface area contributed by atoms with Crippen LogP contribution in [0.25, 0.3) is 0 Å². The molecule has 0 fully saturated rings. The second kappa shape index (κ2) is 7.97. The second-order valence-electron chi connectivity index (χ2n) is 4.85. The van der Waals surface area contributed by atoms with Gasteiger partial charge in [-0.1, -0.05) is 0 Å². The van der Waals surface area contributed by atoms with Crippen molar-refractivity contribution in [3.63, 3.8) is 0 Å². The first-order valence-corrected chi connectivity index (χ1v) is 8.36. The van der Waals surface area contributed by atoms with E-state index in [1.165, 1.54) is 11.3 Å². The molecule has 0 aliphatic heterocycles. The van der Waals surface area contributed by atoms with Gasteiger partial charge in [0.15, 0.2) is 11.5 Å². The molecule has 0 spiro atoms. The molecular weight excluding hydrogens is 314 g/mol. The lowest BCUT2D eigenvalue weighted by atomic mass is 10.2. The van der Waals surface area contributed by atoms with E-state index in [0.717, 1.165) is 15.6 Å². The van der Waals surface area contributed by atoms with Crippen molar-refractivity contribution in [3.8, 4) is 11.5 Å². The predicted octanol–water partition coefficient (Wildman–Crippen LogP) is 3.91. The molecule has 1 heterocycles. The summed E-state index contributed by atoms with van der Waals surface area (Å²) in [5, 5.41) is 0.966. The average molecular weight is 335 g/mol. The monoisotopic (exact) mass is 335 g/mol. The third-order valence-electron chi connectivity index (χ3n) is 3.11. The van der Waals surface area contributed by atoms with E-state index in [1.54, 1.807) is 18.2 Å². The Labute approximate surface area is 140 Å². The Bertz CT molecular complexity index is 681. The summed E-state index contributed by atoms with van der Waals surface area (Å²) in [6, 6.07) is 5.06. The minimum atomic E-state index is -0.389. The van der Waals surface area contributed by atoms with E-state index < -0.39 is 0 Å². The molecule has 6 heteroatoms. The van der Waals surface area contributed by atoms with Crippen molar-refractivity contribution in [2.45, 2.75) is 34.3 Å². The van der Waals surface area contributed by atoms with Crippen LogP contribution in [-0.2, 0) is 11.3 Å². The van der Waals surface area contributed by atoms with Crippen molar-refractivity contribution in [1.29, 1.82) is 0 Å². The lowest BCUT2D eigenvalue weighted by molar-refractivity contribution is 0.0475. The van der Waals surface area contributed by atoms with Crippen molar-refractivity contribution >= 4 is 17.3 Å². The smallest absolute Gasteiger partial charge is 0.338 e. The number of rotatable bonds is 7. The minimum absolute atomic E-state index is 0.230. The maximum atomic E-state index is 12.2. The highest BCUT2D eigenvalue weighted by atomic mass is 32.1. The number of hydrogen-bond acceptors (Lipinski definition) is 6. The number of ether oxygens (including phenoxy) is 3. The fourth-order valence-electron chi connectivity index (χ4n) is 2.10. The van der Waals surface area contributed by atoms with Crippen LogP contribution < -0.4 is 9.47 Å². The van der Waals surface area contributed by atoms with Gasteiger partial charge in [0.1, 0.15) is 6.61 Å². The van der Waals surface area contributed by atoms with Crippen molar-refractivity contribution in [3.05, 3.63) is 39.3 Å². The first kappa shape index (κ1) is 17.3. The summed E-state index contributed by atoms with van der Waals surface area (Å²) in [5.74, 6) is 0.785. The summed E-state index contributed by atoms with van der Waals surface area (Å²) in [7, 11) is 0. The third-order valence-corrected chi connectivity index (χ3v) is 4.16. The Morgan fingerprint density at radius 3 is 2.43 bits per heavy atom. The maximum absolute atomic E-state index is 12.2. The Morgan fingerprint density at radius 1 is 1.13 bits per heavy atom. The quantitative estimate of drug-likeness (QED) is 0.718. The molecule has 0 saturated carbocycles. The molecule has 1 aromatic carbocycles. The summed E-state index contributed by atoms with van der Waals surface area (Å²) >= 11 is 1.54. The molecule has 0 aliphatic carbocycles. The number of thiazole rings is 1. The largest absolute Gasteiger partial charge is 0.490 e. The van der Waals surface area contributed by atoms with Gasteiger partial charge < -0.3 is 14.2 Å². The topological polar surface area (TPSA) is 57.7 Å². The van der Waals surface area contributed by atoms with Crippen molar-refractivity contribution in [1.82, 2.24) is 4.98 Å². The Kier molecular flexibility index (Phi) is 5.98. The first-order valence-electron chi connectivity index (χ1n) is 7.54. The van der Waals surface area contributed by atoms with Crippen LogP contribution in [-0.4, -0.2) is 24.2 Å². The van der Waals surface area contributed by atoms with Gasteiger partial charge in [-0.3, -0.25) is 0 Å². The number of aryl methyl sites for hydroxylation is 2. The van der Waals surface area contributed by atoms with Gasteiger partial charge in [-0.25, -0.2) is 9.78 Å². The second-order valence-corrected chi connectivity index (χ2v) is 6.13. The lowest BCUT2D eigenvalue weighted by Crippen LogP contribution is -2.06. The molecule has 124 valence electrons. The molecule has 0 radical (unpaired) electrons. The molecule has 5 nitrogen and oxygen atoms in total. The SMILES string of the molecule is CCOc1ccc(C(=O)OCc2sc(C)nc2C)cc1OCC. The van der Waals surface area contributed by atoms with Crippen LogP contribution in [0, 0.1) is 13.8 Å². The van der Waals surface area contributed by atoms with Gasteiger partial charge in [0.25, 0.3) is 0 Å². The van der Waals surface area contributed by atoms with Gasteiger partial charge in [-0.15, -0.1) is 11.3 Å². The van der Waals surface area contributed by atoms with Crippen LogP contribution in [0.3, 0.4) is 0 Å². The molecule has 23 heavy (non-hydrogen) atoms. The van der Waals surface area contributed by atoms with Gasteiger partial charge in [-0.05, 0) is 45.9 Å². The molecule has 2 aromatic rings. The van der Waals surface area contributed by atoms with Crippen LogP contribution >= 0.6 is 11.3 Å². The highest BCUT2D eigenvalue weighted by molar-refractivity contribution is 7.11. The fourth-order valence-corrected chi connectivity index (χ4v) is 2.95. The minimum Gasteiger partial charge on any atom is -0.490 e. The normalized spacial score (nSPS) is 10.4. The number of esters is 1. The molecule has 0 bridgehead atoms. The zero-order chi connectivity index (χ0) is 16.8. The summed E-state index contributed by atoms with van der Waals surface area (Å²) in [4.78, 5) is 17.5. The van der Waals surface area contributed by atoms with Gasteiger partial charge in [-0.2, -0.15) is 0 Å².